The third-order valence-corrected chi connectivity index (χ3v) is 4.16. The number of hydrogen-bond donors (Lipinski definition) is 0. The summed E-state index contributed by atoms with van der Waals surface area (Å²) in [6.45, 7) is 1.78. The lowest BCUT2D eigenvalue weighted by Crippen LogP contribution is -2.18. The molecule has 104 valence electrons. The van der Waals surface area contributed by atoms with Crippen molar-refractivity contribution >= 4 is 32.5 Å². The van der Waals surface area contributed by atoms with Crippen molar-refractivity contribution in [2.75, 3.05) is 12.0 Å². The number of aromatic nitrogens is 2. The largest absolute Gasteiger partial charge is 0.323 e. The Morgan fingerprint density at radius 1 is 1.47 bits per heavy atom. The van der Waals surface area contributed by atoms with Crippen LogP contribution in [-0.2, 0) is 15.7 Å². The molecule has 1 atom stereocenters. The Morgan fingerprint density at radius 3 is 2.74 bits per heavy atom. The van der Waals surface area contributed by atoms with Crippen LogP contribution in [0.5, 0.6) is 0 Å². The first-order valence-electron chi connectivity index (χ1n) is 5.72. The minimum atomic E-state index is -3.12. The van der Waals surface area contributed by atoms with E-state index in [4.69, 9.17) is 11.6 Å². The molecule has 0 N–H and O–H groups in total. The number of imidazole rings is 1. The molecule has 4 nitrogen and oxygen atoms in total. The van der Waals surface area contributed by atoms with Crippen LogP contribution >= 0.6 is 11.6 Å². The molecule has 0 radical (unpaired) electrons. The summed E-state index contributed by atoms with van der Waals surface area (Å²) in [6, 6.07) is 3.92. The number of sulfone groups is 1. The Balaban J connectivity index is 2.57. The Kier molecular flexibility index (Phi) is 3.82. The van der Waals surface area contributed by atoms with E-state index in [2.05, 4.69) is 4.98 Å². The maximum Gasteiger partial charge on any atom is 0.149 e. The van der Waals surface area contributed by atoms with E-state index in [1.54, 1.807) is 17.6 Å². The number of hydrogen-bond acceptors (Lipinski definition) is 3. The Labute approximate surface area is 116 Å². The van der Waals surface area contributed by atoms with Crippen LogP contribution in [0, 0.1) is 5.82 Å². The van der Waals surface area contributed by atoms with Gasteiger partial charge in [-0.3, -0.25) is 0 Å². The van der Waals surface area contributed by atoms with Crippen LogP contribution in [0.15, 0.2) is 18.2 Å². The molecule has 1 aromatic carbocycles. The normalized spacial score (nSPS) is 13.9. The smallest absolute Gasteiger partial charge is 0.149 e. The molecule has 0 saturated carbocycles. The zero-order valence-electron chi connectivity index (χ0n) is 10.6. The van der Waals surface area contributed by atoms with Gasteiger partial charge in [0.05, 0.1) is 22.7 Å². The Morgan fingerprint density at radius 2 is 2.16 bits per heavy atom. The van der Waals surface area contributed by atoms with Crippen molar-refractivity contribution in [1.82, 2.24) is 9.55 Å². The monoisotopic (exact) mass is 304 g/mol. The van der Waals surface area contributed by atoms with Crippen molar-refractivity contribution in [3.8, 4) is 0 Å². The molecule has 2 rings (SSSR count). The SMILES string of the molecule is CC(CS(C)(=O)=O)n1c(CCl)nc2cc(F)ccc21. The van der Waals surface area contributed by atoms with E-state index in [-0.39, 0.29) is 23.5 Å². The Hall–Kier alpha value is -1.14. The number of rotatable bonds is 4. The zero-order chi connectivity index (χ0) is 14.2. The van der Waals surface area contributed by atoms with Gasteiger partial charge in [-0.1, -0.05) is 0 Å². The molecular formula is C12H14ClFN2O2S. The van der Waals surface area contributed by atoms with Gasteiger partial charge in [0.2, 0.25) is 0 Å². The molecule has 0 spiro atoms. The van der Waals surface area contributed by atoms with Crippen molar-refractivity contribution in [1.29, 1.82) is 0 Å². The minimum absolute atomic E-state index is 0.0142. The van der Waals surface area contributed by atoms with E-state index in [1.807, 2.05) is 0 Å². The van der Waals surface area contributed by atoms with Gasteiger partial charge in [0.1, 0.15) is 21.5 Å². The first-order chi connectivity index (χ1) is 8.81. The zero-order valence-corrected chi connectivity index (χ0v) is 12.2. The number of benzene rings is 1. The van der Waals surface area contributed by atoms with Crippen LogP contribution in [0.25, 0.3) is 11.0 Å². The summed E-state index contributed by atoms with van der Waals surface area (Å²) in [4.78, 5) is 4.24. The molecule has 2 aromatic rings. The van der Waals surface area contributed by atoms with E-state index in [1.165, 1.54) is 18.4 Å². The van der Waals surface area contributed by atoms with Gasteiger partial charge >= 0.3 is 0 Å². The quantitative estimate of drug-likeness (QED) is 0.816. The van der Waals surface area contributed by atoms with Crippen molar-refractivity contribution in [2.45, 2.75) is 18.8 Å². The summed E-state index contributed by atoms with van der Waals surface area (Å²) < 4.78 is 37.7. The summed E-state index contributed by atoms with van der Waals surface area (Å²) in [6.07, 6.45) is 1.18. The Bertz CT molecular complexity index is 712. The van der Waals surface area contributed by atoms with Crippen LogP contribution in [0.4, 0.5) is 4.39 Å². The van der Waals surface area contributed by atoms with Crippen molar-refractivity contribution in [3.05, 3.63) is 29.8 Å². The van der Waals surface area contributed by atoms with E-state index in [0.29, 0.717) is 16.9 Å². The second-order valence-electron chi connectivity index (χ2n) is 4.61. The highest BCUT2D eigenvalue weighted by Gasteiger charge is 2.19. The molecule has 1 unspecified atom stereocenters. The van der Waals surface area contributed by atoms with Crippen LogP contribution in [0.2, 0.25) is 0 Å². The molecule has 0 fully saturated rings. The highest BCUT2D eigenvalue weighted by Crippen LogP contribution is 2.24. The summed E-state index contributed by atoms with van der Waals surface area (Å²) >= 11 is 5.83. The lowest BCUT2D eigenvalue weighted by atomic mass is 10.3. The van der Waals surface area contributed by atoms with Crippen molar-refractivity contribution < 1.29 is 12.8 Å². The predicted octanol–water partition coefficient (Wildman–Crippen LogP) is 2.52. The number of fused-ring (bicyclic) bond motifs is 1. The molecule has 0 aliphatic carbocycles. The third kappa shape index (κ3) is 3.06. The fraction of sp³-hybridized carbons (Fsp3) is 0.417. The molecule has 0 aliphatic heterocycles. The van der Waals surface area contributed by atoms with Crippen molar-refractivity contribution in [2.24, 2.45) is 0 Å². The van der Waals surface area contributed by atoms with Gasteiger partial charge in [-0.15, -0.1) is 11.6 Å². The average Bonchev–Trinajstić information content (AvgIpc) is 2.63. The van der Waals surface area contributed by atoms with Gasteiger partial charge in [-0.2, -0.15) is 0 Å². The van der Waals surface area contributed by atoms with Crippen LogP contribution < -0.4 is 0 Å². The van der Waals surface area contributed by atoms with E-state index in [9.17, 15) is 12.8 Å². The first-order valence-corrected chi connectivity index (χ1v) is 8.31. The third-order valence-electron chi connectivity index (χ3n) is 2.83. The molecule has 0 saturated heterocycles. The molecular weight excluding hydrogens is 291 g/mol. The lowest BCUT2D eigenvalue weighted by molar-refractivity contribution is 0.560. The molecule has 19 heavy (non-hydrogen) atoms. The average molecular weight is 305 g/mol. The highest BCUT2D eigenvalue weighted by molar-refractivity contribution is 7.90. The first kappa shape index (κ1) is 14.3. The summed E-state index contributed by atoms with van der Waals surface area (Å²) in [7, 11) is -3.12. The highest BCUT2D eigenvalue weighted by atomic mass is 35.5. The summed E-state index contributed by atoms with van der Waals surface area (Å²) in [5.74, 6) is 0.289. The van der Waals surface area contributed by atoms with Crippen LogP contribution in [-0.4, -0.2) is 30.0 Å². The predicted molar refractivity (Wildman–Crippen MR) is 73.7 cm³/mol. The topological polar surface area (TPSA) is 52.0 Å². The molecule has 0 amide bonds. The maximum atomic E-state index is 13.2. The van der Waals surface area contributed by atoms with E-state index in [0.717, 1.165) is 0 Å². The van der Waals surface area contributed by atoms with E-state index >= 15 is 0 Å². The van der Waals surface area contributed by atoms with Crippen molar-refractivity contribution in [3.63, 3.8) is 0 Å². The fourth-order valence-electron chi connectivity index (χ4n) is 2.22. The number of alkyl halides is 1. The van der Waals surface area contributed by atoms with Gasteiger partial charge in [-0.05, 0) is 19.1 Å². The molecule has 0 aliphatic rings. The van der Waals surface area contributed by atoms with Gasteiger partial charge < -0.3 is 4.57 Å². The molecule has 1 heterocycles. The second-order valence-corrected chi connectivity index (χ2v) is 7.06. The molecule has 0 bridgehead atoms. The lowest BCUT2D eigenvalue weighted by Gasteiger charge is -2.15. The van der Waals surface area contributed by atoms with Crippen LogP contribution in [0.1, 0.15) is 18.8 Å². The summed E-state index contributed by atoms with van der Waals surface area (Å²) in [5.41, 5.74) is 1.17. The maximum absolute atomic E-state index is 13.2. The fourth-order valence-corrected chi connectivity index (χ4v) is 3.43. The van der Waals surface area contributed by atoms with Crippen LogP contribution in [0.3, 0.4) is 0 Å². The standard InChI is InChI=1S/C12H14ClFN2O2S/c1-8(7-19(2,17)18)16-11-4-3-9(14)5-10(11)15-12(16)6-13/h3-5,8H,6-7H2,1-2H3. The number of nitrogens with zero attached hydrogens (tertiary/aromatic N) is 2. The molecule has 1 aromatic heterocycles. The molecule has 7 heteroatoms. The summed E-state index contributed by atoms with van der Waals surface area (Å²) in [5, 5.41) is 0. The van der Waals surface area contributed by atoms with E-state index < -0.39 is 9.84 Å². The van der Waals surface area contributed by atoms with Gasteiger partial charge in [0.25, 0.3) is 0 Å². The second kappa shape index (κ2) is 5.09. The van der Waals surface area contributed by atoms with Gasteiger partial charge in [0, 0.05) is 18.4 Å². The van der Waals surface area contributed by atoms with Gasteiger partial charge in [0.15, 0.2) is 0 Å². The van der Waals surface area contributed by atoms with Gasteiger partial charge in [-0.25, -0.2) is 17.8 Å². The minimum Gasteiger partial charge on any atom is -0.323 e. The number of halogens is 2.